The Balaban J connectivity index is 1.54. The maximum atomic E-state index is 14.1. The van der Waals surface area contributed by atoms with E-state index in [1.54, 1.807) is 29.2 Å². The molecule has 0 bridgehead atoms. The zero-order valence-corrected chi connectivity index (χ0v) is 18.0. The van der Waals surface area contributed by atoms with Gasteiger partial charge in [-0.05, 0) is 43.2 Å². The Morgan fingerprint density at radius 2 is 1.88 bits per heavy atom. The van der Waals surface area contributed by atoms with Crippen molar-refractivity contribution in [2.24, 2.45) is 0 Å². The fourth-order valence-corrected chi connectivity index (χ4v) is 4.68. The molecule has 3 aromatic rings. The second-order valence-corrected chi connectivity index (χ2v) is 8.44. The smallest absolute Gasteiger partial charge is 0.290 e. The molecule has 1 fully saturated rings. The minimum atomic E-state index is -0.668. The maximum Gasteiger partial charge on any atom is 0.290 e. The molecule has 2 aliphatic heterocycles. The predicted molar refractivity (Wildman–Crippen MR) is 118 cm³/mol. The summed E-state index contributed by atoms with van der Waals surface area (Å²) >= 11 is 0. The summed E-state index contributed by atoms with van der Waals surface area (Å²) in [7, 11) is 0. The Bertz CT molecular complexity index is 1230. The van der Waals surface area contributed by atoms with Crippen LogP contribution in [-0.2, 0) is 4.74 Å². The number of hydrogen-bond donors (Lipinski definition) is 0. The maximum absolute atomic E-state index is 14.1. The third kappa shape index (κ3) is 3.72. The van der Waals surface area contributed by atoms with Crippen LogP contribution in [0.15, 0.2) is 51.7 Å². The van der Waals surface area contributed by atoms with Gasteiger partial charge in [-0.25, -0.2) is 4.39 Å². The number of fused-ring (bicyclic) bond motifs is 2. The number of benzene rings is 2. The monoisotopic (exact) mass is 436 g/mol. The molecule has 32 heavy (non-hydrogen) atoms. The van der Waals surface area contributed by atoms with Gasteiger partial charge in [0.15, 0.2) is 5.43 Å². The van der Waals surface area contributed by atoms with Gasteiger partial charge >= 0.3 is 0 Å². The molecule has 2 aliphatic rings. The van der Waals surface area contributed by atoms with Gasteiger partial charge in [0.25, 0.3) is 5.91 Å². The number of ether oxygens (including phenoxy) is 1. The molecule has 2 aromatic carbocycles. The first-order chi connectivity index (χ1) is 15.5. The number of halogens is 1. The van der Waals surface area contributed by atoms with Crippen molar-refractivity contribution in [3.63, 3.8) is 0 Å². The first-order valence-corrected chi connectivity index (χ1v) is 11.0. The van der Waals surface area contributed by atoms with Crippen LogP contribution in [0, 0.1) is 12.7 Å². The van der Waals surface area contributed by atoms with Crippen molar-refractivity contribution < 1.29 is 18.3 Å². The van der Waals surface area contributed by atoms with Crippen molar-refractivity contribution in [2.45, 2.75) is 19.4 Å². The van der Waals surface area contributed by atoms with Crippen molar-refractivity contribution in [1.29, 1.82) is 0 Å². The predicted octanol–water partition coefficient (Wildman–Crippen LogP) is 3.51. The van der Waals surface area contributed by atoms with Gasteiger partial charge in [0.2, 0.25) is 5.76 Å². The Morgan fingerprint density at radius 1 is 1.06 bits per heavy atom. The van der Waals surface area contributed by atoms with E-state index in [1.807, 2.05) is 13.0 Å². The summed E-state index contributed by atoms with van der Waals surface area (Å²) in [4.78, 5) is 30.8. The summed E-state index contributed by atoms with van der Waals surface area (Å²) in [6.45, 7) is 6.32. The van der Waals surface area contributed by atoms with Crippen molar-refractivity contribution >= 4 is 16.9 Å². The summed E-state index contributed by atoms with van der Waals surface area (Å²) in [6, 6.07) is 10.8. The van der Waals surface area contributed by atoms with Crippen molar-refractivity contribution in [3.8, 4) is 0 Å². The average Bonchev–Trinajstić information content (AvgIpc) is 3.07. The average molecular weight is 436 g/mol. The molecule has 0 aliphatic carbocycles. The Labute approximate surface area is 185 Å². The lowest BCUT2D eigenvalue weighted by atomic mass is 9.98. The van der Waals surface area contributed by atoms with E-state index in [9.17, 15) is 14.0 Å². The minimum Gasteiger partial charge on any atom is -0.450 e. The summed E-state index contributed by atoms with van der Waals surface area (Å²) in [5.41, 5.74) is 1.95. The lowest BCUT2D eigenvalue weighted by Gasteiger charge is -2.29. The first kappa shape index (κ1) is 20.8. The molecule has 1 amide bonds. The molecule has 0 saturated carbocycles. The van der Waals surface area contributed by atoms with E-state index < -0.39 is 11.9 Å². The molecule has 0 spiro atoms. The van der Waals surface area contributed by atoms with Gasteiger partial charge in [-0.1, -0.05) is 23.8 Å². The number of amides is 1. The fraction of sp³-hybridized carbons (Fsp3) is 0.360. The van der Waals surface area contributed by atoms with Crippen LogP contribution < -0.4 is 5.43 Å². The molecule has 166 valence electrons. The van der Waals surface area contributed by atoms with Crippen molar-refractivity contribution in [3.05, 3.63) is 81.0 Å². The third-order valence-electron chi connectivity index (χ3n) is 6.26. The van der Waals surface area contributed by atoms with Crippen LogP contribution in [0.1, 0.15) is 39.7 Å². The first-order valence-electron chi connectivity index (χ1n) is 11.0. The number of rotatable bonds is 5. The quantitative estimate of drug-likeness (QED) is 0.613. The van der Waals surface area contributed by atoms with Gasteiger partial charge in [-0.15, -0.1) is 0 Å². The minimum absolute atomic E-state index is 0.0620. The van der Waals surface area contributed by atoms with Crippen LogP contribution in [0.2, 0.25) is 0 Å². The molecule has 1 saturated heterocycles. The van der Waals surface area contributed by atoms with E-state index in [1.165, 1.54) is 12.1 Å². The number of aryl methyl sites for hydroxylation is 1. The topological polar surface area (TPSA) is 63.0 Å². The summed E-state index contributed by atoms with van der Waals surface area (Å²) < 4.78 is 25.4. The number of carbonyl (C=O) groups excluding carboxylic acids is 1. The van der Waals surface area contributed by atoms with Gasteiger partial charge < -0.3 is 14.1 Å². The second-order valence-electron chi connectivity index (χ2n) is 8.44. The van der Waals surface area contributed by atoms with Gasteiger partial charge in [0.1, 0.15) is 11.4 Å². The molecule has 5 rings (SSSR count). The summed E-state index contributed by atoms with van der Waals surface area (Å²) in [5.74, 6) is -0.666. The molecule has 7 heteroatoms. The van der Waals surface area contributed by atoms with Crippen LogP contribution in [0.5, 0.6) is 0 Å². The van der Waals surface area contributed by atoms with Crippen LogP contribution in [0.4, 0.5) is 4.39 Å². The van der Waals surface area contributed by atoms with Crippen LogP contribution in [-0.4, -0.2) is 55.1 Å². The van der Waals surface area contributed by atoms with Crippen molar-refractivity contribution in [2.75, 3.05) is 39.4 Å². The number of carbonyl (C=O) groups is 1. The highest BCUT2D eigenvalue weighted by Crippen LogP contribution is 2.38. The number of hydrogen-bond acceptors (Lipinski definition) is 5. The molecular formula is C25H25FN2O4. The van der Waals surface area contributed by atoms with Crippen LogP contribution >= 0.6 is 0 Å². The van der Waals surface area contributed by atoms with E-state index in [0.717, 1.165) is 31.6 Å². The van der Waals surface area contributed by atoms with Gasteiger partial charge in [0.05, 0.1) is 30.2 Å². The van der Waals surface area contributed by atoms with E-state index in [4.69, 9.17) is 9.15 Å². The highest BCUT2D eigenvalue weighted by molar-refractivity contribution is 5.99. The van der Waals surface area contributed by atoms with Crippen molar-refractivity contribution in [1.82, 2.24) is 9.80 Å². The zero-order valence-electron chi connectivity index (χ0n) is 18.0. The molecule has 1 aromatic heterocycles. The molecule has 0 radical (unpaired) electrons. The molecule has 1 unspecified atom stereocenters. The molecule has 1 atom stereocenters. The highest BCUT2D eigenvalue weighted by Gasteiger charge is 2.42. The Morgan fingerprint density at radius 3 is 2.66 bits per heavy atom. The molecule has 3 heterocycles. The standard InChI is InChI=1S/C25H25FN2O4/c1-16-6-7-20-19(14-16)23(29)21-22(17-4-2-5-18(26)15-17)28(25(30)24(21)32-20)9-3-8-27-10-12-31-13-11-27/h2,4-7,14-15,22H,3,8-13H2,1H3. The van der Waals surface area contributed by atoms with Crippen LogP contribution in [0.3, 0.4) is 0 Å². The highest BCUT2D eigenvalue weighted by atomic mass is 19.1. The summed E-state index contributed by atoms with van der Waals surface area (Å²) in [5, 5.41) is 0.438. The number of morpholine rings is 1. The van der Waals surface area contributed by atoms with E-state index >= 15 is 0 Å². The molecule has 0 N–H and O–H groups in total. The summed E-state index contributed by atoms with van der Waals surface area (Å²) in [6.07, 6.45) is 0.734. The molecule has 6 nitrogen and oxygen atoms in total. The Kier molecular flexibility index (Phi) is 5.53. The molecular weight excluding hydrogens is 411 g/mol. The zero-order chi connectivity index (χ0) is 22.2. The van der Waals surface area contributed by atoms with Gasteiger partial charge in [0, 0.05) is 26.2 Å². The lowest BCUT2D eigenvalue weighted by Crippen LogP contribution is -2.38. The normalized spacial score (nSPS) is 19.0. The fourth-order valence-electron chi connectivity index (χ4n) is 4.68. The number of nitrogens with zero attached hydrogens (tertiary/aromatic N) is 2. The Hall–Kier alpha value is -3.03. The third-order valence-corrected chi connectivity index (χ3v) is 6.26. The van der Waals surface area contributed by atoms with Gasteiger partial charge in [-0.2, -0.15) is 0 Å². The van der Waals surface area contributed by atoms with Crippen LogP contribution in [0.25, 0.3) is 11.0 Å². The lowest BCUT2D eigenvalue weighted by molar-refractivity contribution is 0.0353. The van der Waals surface area contributed by atoms with Gasteiger partial charge in [-0.3, -0.25) is 14.5 Å². The van der Waals surface area contributed by atoms with E-state index in [2.05, 4.69) is 4.90 Å². The SMILES string of the molecule is Cc1ccc2oc3c(c(=O)c2c1)C(c1cccc(F)c1)N(CCCN1CCOCC1)C3=O. The van der Waals surface area contributed by atoms with E-state index in [-0.39, 0.29) is 17.1 Å². The second kappa shape index (κ2) is 8.48. The van der Waals surface area contributed by atoms with E-state index in [0.29, 0.717) is 41.9 Å². The largest absolute Gasteiger partial charge is 0.450 e.